The Morgan fingerprint density at radius 3 is 2.21 bits per heavy atom. The highest BCUT2D eigenvalue weighted by Gasteiger charge is 2.43. The third-order valence-corrected chi connectivity index (χ3v) is 6.88. The van der Waals surface area contributed by atoms with Gasteiger partial charge in [-0.3, -0.25) is 14.8 Å². The van der Waals surface area contributed by atoms with Crippen LogP contribution in [-0.4, -0.2) is 35.8 Å². The number of benzene rings is 3. The minimum atomic E-state index is -0.407. The fourth-order valence-corrected chi connectivity index (χ4v) is 4.84. The van der Waals surface area contributed by atoms with E-state index in [1.165, 1.54) is 5.56 Å². The Kier molecular flexibility index (Phi) is 6.53. The predicted molar refractivity (Wildman–Crippen MR) is 147 cm³/mol. The summed E-state index contributed by atoms with van der Waals surface area (Å²) in [6, 6.07) is 22.6. The molecule has 0 radical (unpaired) electrons. The van der Waals surface area contributed by atoms with E-state index in [1.54, 1.807) is 43.2 Å². The van der Waals surface area contributed by atoms with Crippen LogP contribution in [0.2, 0.25) is 0 Å². The lowest BCUT2D eigenvalue weighted by atomic mass is 9.85. The first kappa shape index (κ1) is 25.3. The van der Waals surface area contributed by atoms with E-state index in [2.05, 4.69) is 55.2 Å². The van der Waals surface area contributed by atoms with Crippen LogP contribution in [-0.2, 0) is 10.2 Å². The summed E-state index contributed by atoms with van der Waals surface area (Å²) in [6.07, 6.45) is 0. The lowest BCUT2D eigenvalue weighted by molar-refractivity contribution is 0.0526. The molecule has 1 aromatic heterocycles. The predicted octanol–water partition coefficient (Wildman–Crippen LogP) is 6.31. The molecule has 38 heavy (non-hydrogen) atoms. The van der Waals surface area contributed by atoms with Crippen LogP contribution < -0.4 is 9.64 Å². The number of nitrogens with one attached hydrogen (secondary N) is 1. The molecule has 0 unspecified atom stereocenters. The number of ether oxygens (including phenoxy) is 2. The van der Waals surface area contributed by atoms with Gasteiger partial charge < -0.3 is 9.47 Å². The Balaban J connectivity index is 1.62. The third-order valence-electron chi connectivity index (χ3n) is 6.88. The summed E-state index contributed by atoms with van der Waals surface area (Å²) in [5, 5.41) is 7.56. The standard InChI is InChI=1S/C31H31N3O4/c1-6-38-30(36)21-9-15-23(16-10-21)34-28(20-7-13-22(14-8-20)31(2,3)4)25-26(32-33-27(25)29(34)35)19-11-17-24(37-5)18-12-19/h7-18,28H,6H2,1-5H3,(H,32,33)/t28-/m0/s1. The molecule has 7 heteroatoms. The van der Waals surface area contributed by atoms with Gasteiger partial charge in [-0.15, -0.1) is 0 Å². The fourth-order valence-electron chi connectivity index (χ4n) is 4.84. The van der Waals surface area contributed by atoms with Crippen LogP contribution in [0.15, 0.2) is 72.8 Å². The quantitative estimate of drug-likeness (QED) is 0.308. The summed E-state index contributed by atoms with van der Waals surface area (Å²) in [5.41, 5.74) is 6.16. The number of rotatable bonds is 6. The first-order chi connectivity index (χ1) is 18.2. The summed E-state index contributed by atoms with van der Waals surface area (Å²) in [5.74, 6) is 0.174. The Morgan fingerprint density at radius 2 is 1.63 bits per heavy atom. The maximum Gasteiger partial charge on any atom is 0.338 e. The Hall–Kier alpha value is -4.39. The summed E-state index contributed by atoms with van der Waals surface area (Å²) in [6.45, 7) is 8.60. The number of esters is 1. The second kappa shape index (κ2) is 9.82. The molecule has 2 heterocycles. The molecule has 0 aliphatic carbocycles. The number of anilines is 1. The lowest BCUT2D eigenvalue weighted by Crippen LogP contribution is -2.29. The largest absolute Gasteiger partial charge is 0.497 e. The van der Waals surface area contributed by atoms with Crippen molar-refractivity contribution in [1.82, 2.24) is 10.2 Å². The second-order valence-electron chi connectivity index (χ2n) is 10.3. The van der Waals surface area contributed by atoms with Crippen molar-refractivity contribution in [2.45, 2.75) is 39.2 Å². The van der Waals surface area contributed by atoms with Crippen molar-refractivity contribution in [3.63, 3.8) is 0 Å². The average molecular weight is 510 g/mol. The summed E-state index contributed by atoms with van der Waals surface area (Å²) in [4.78, 5) is 27.8. The first-order valence-electron chi connectivity index (χ1n) is 12.7. The van der Waals surface area contributed by atoms with Gasteiger partial charge in [0.25, 0.3) is 5.91 Å². The van der Waals surface area contributed by atoms with Gasteiger partial charge in [0.1, 0.15) is 11.4 Å². The molecule has 0 fully saturated rings. The van der Waals surface area contributed by atoms with Gasteiger partial charge >= 0.3 is 5.97 Å². The molecule has 0 bridgehead atoms. The molecule has 5 rings (SSSR count). The van der Waals surface area contributed by atoms with Crippen molar-refractivity contribution < 1.29 is 19.1 Å². The number of hydrogen-bond acceptors (Lipinski definition) is 5. The zero-order valence-corrected chi connectivity index (χ0v) is 22.2. The summed E-state index contributed by atoms with van der Waals surface area (Å²) < 4.78 is 10.4. The van der Waals surface area contributed by atoms with Crippen molar-refractivity contribution in [3.05, 3.63) is 101 Å². The second-order valence-corrected chi connectivity index (χ2v) is 10.3. The van der Waals surface area contributed by atoms with Crippen LogP contribution in [0.3, 0.4) is 0 Å². The number of fused-ring (bicyclic) bond motifs is 1. The maximum atomic E-state index is 13.8. The fraction of sp³-hybridized carbons (Fsp3) is 0.258. The van der Waals surface area contributed by atoms with E-state index in [-0.39, 0.29) is 11.3 Å². The molecule has 0 saturated carbocycles. The minimum Gasteiger partial charge on any atom is -0.497 e. The molecule has 1 aliphatic heterocycles. The van der Waals surface area contributed by atoms with Gasteiger partial charge in [-0.2, -0.15) is 5.10 Å². The van der Waals surface area contributed by atoms with Crippen LogP contribution in [0.4, 0.5) is 5.69 Å². The molecule has 1 N–H and O–H groups in total. The maximum absolute atomic E-state index is 13.8. The van der Waals surface area contributed by atoms with E-state index >= 15 is 0 Å². The van der Waals surface area contributed by atoms with E-state index in [9.17, 15) is 9.59 Å². The van der Waals surface area contributed by atoms with E-state index in [0.717, 1.165) is 22.4 Å². The summed E-state index contributed by atoms with van der Waals surface area (Å²) in [7, 11) is 1.63. The van der Waals surface area contributed by atoms with E-state index < -0.39 is 12.0 Å². The number of carbonyl (C=O) groups is 2. The highest BCUT2D eigenvalue weighted by molar-refractivity contribution is 6.12. The number of nitrogens with zero attached hydrogens (tertiary/aromatic N) is 2. The normalized spacial score (nSPS) is 14.9. The number of methoxy groups -OCH3 is 1. The molecule has 0 saturated heterocycles. The molecule has 0 spiro atoms. The SMILES string of the molecule is CCOC(=O)c1ccc(N2C(=O)c3[nH]nc(-c4ccc(OC)cc4)c3[C@@H]2c2ccc(C(C)(C)C)cc2)cc1. The zero-order valence-electron chi connectivity index (χ0n) is 22.2. The van der Waals surface area contributed by atoms with Gasteiger partial charge in [0.15, 0.2) is 0 Å². The number of aromatic nitrogens is 2. The number of hydrogen-bond donors (Lipinski definition) is 1. The third kappa shape index (κ3) is 4.45. The number of carbonyl (C=O) groups excluding carboxylic acids is 2. The van der Waals surface area contributed by atoms with Gasteiger partial charge in [-0.05, 0) is 72.0 Å². The van der Waals surface area contributed by atoms with Crippen molar-refractivity contribution in [2.75, 3.05) is 18.6 Å². The number of H-pyrrole nitrogens is 1. The zero-order chi connectivity index (χ0) is 27.0. The van der Waals surface area contributed by atoms with Crippen LogP contribution in [0, 0.1) is 0 Å². The van der Waals surface area contributed by atoms with E-state index in [4.69, 9.17) is 9.47 Å². The monoisotopic (exact) mass is 509 g/mol. The van der Waals surface area contributed by atoms with E-state index in [0.29, 0.717) is 29.2 Å². The molecule has 3 aromatic carbocycles. The number of amides is 1. The van der Waals surface area contributed by atoms with Gasteiger partial charge in [-0.1, -0.05) is 45.0 Å². The van der Waals surface area contributed by atoms with Crippen LogP contribution in [0.1, 0.15) is 71.3 Å². The van der Waals surface area contributed by atoms with Crippen molar-refractivity contribution in [2.24, 2.45) is 0 Å². The topological polar surface area (TPSA) is 84.5 Å². The molecule has 1 atom stereocenters. The van der Waals surface area contributed by atoms with Crippen molar-refractivity contribution >= 4 is 17.6 Å². The molecule has 7 nitrogen and oxygen atoms in total. The Morgan fingerprint density at radius 1 is 0.974 bits per heavy atom. The van der Waals surface area contributed by atoms with E-state index in [1.807, 2.05) is 24.3 Å². The lowest BCUT2D eigenvalue weighted by Gasteiger charge is -2.27. The van der Waals surface area contributed by atoms with Crippen LogP contribution >= 0.6 is 0 Å². The van der Waals surface area contributed by atoms with Gasteiger partial charge in [-0.25, -0.2) is 4.79 Å². The Labute approximate surface area is 222 Å². The van der Waals surface area contributed by atoms with Crippen molar-refractivity contribution in [1.29, 1.82) is 0 Å². The average Bonchev–Trinajstić information content (AvgIpc) is 3.47. The van der Waals surface area contributed by atoms with Crippen LogP contribution in [0.25, 0.3) is 11.3 Å². The highest BCUT2D eigenvalue weighted by Crippen LogP contribution is 2.45. The Bertz CT molecular complexity index is 1460. The molecular weight excluding hydrogens is 478 g/mol. The minimum absolute atomic E-state index is 0.00168. The van der Waals surface area contributed by atoms with Gasteiger partial charge in [0.2, 0.25) is 0 Å². The molecule has 4 aromatic rings. The van der Waals surface area contributed by atoms with Crippen LogP contribution in [0.5, 0.6) is 5.75 Å². The summed E-state index contributed by atoms with van der Waals surface area (Å²) >= 11 is 0. The van der Waals surface area contributed by atoms with Gasteiger partial charge in [0, 0.05) is 16.8 Å². The molecular formula is C31H31N3O4. The first-order valence-corrected chi connectivity index (χ1v) is 12.7. The van der Waals surface area contributed by atoms with Gasteiger partial charge in [0.05, 0.1) is 31.0 Å². The molecule has 1 aliphatic rings. The smallest absolute Gasteiger partial charge is 0.338 e. The number of aromatic amines is 1. The van der Waals surface area contributed by atoms with Crippen molar-refractivity contribution in [3.8, 4) is 17.0 Å². The molecule has 1 amide bonds. The molecule has 194 valence electrons. The highest BCUT2D eigenvalue weighted by atomic mass is 16.5.